The van der Waals surface area contributed by atoms with Gasteiger partial charge >= 0.3 is 5.97 Å². The average molecular weight is 346 g/mol. The highest BCUT2D eigenvalue weighted by atomic mass is 16.5. The third kappa shape index (κ3) is 4.59. The fraction of sp³-hybridized carbons (Fsp3) is 0.526. The second-order valence-electron chi connectivity index (χ2n) is 6.74. The molecule has 1 aliphatic carbocycles. The van der Waals surface area contributed by atoms with Crippen molar-refractivity contribution in [3.63, 3.8) is 0 Å². The van der Waals surface area contributed by atoms with Crippen molar-refractivity contribution < 1.29 is 19.1 Å². The lowest BCUT2D eigenvalue weighted by Gasteiger charge is -2.17. The summed E-state index contributed by atoms with van der Waals surface area (Å²) in [4.78, 5) is 37.0. The van der Waals surface area contributed by atoms with Gasteiger partial charge in [-0.25, -0.2) is 4.79 Å². The lowest BCUT2D eigenvalue weighted by atomic mass is 10.0. The molecule has 0 unspecified atom stereocenters. The molecule has 136 valence electrons. The largest absolute Gasteiger partial charge is 0.462 e. The van der Waals surface area contributed by atoms with Crippen LogP contribution in [0.2, 0.25) is 0 Å². The van der Waals surface area contributed by atoms with Crippen LogP contribution in [0.4, 0.5) is 5.69 Å². The minimum Gasteiger partial charge on any atom is -0.462 e. The van der Waals surface area contributed by atoms with E-state index in [0.29, 0.717) is 31.0 Å². The zero-order valence-electron chi connectivity index (χ0n) is 15.1. The number of esters is 1. The lowest BCUT2D eigenvalue weighted by molar-refractivity contribution is -0.134. The molecular weight excluding hydrogens is 320 g/mol. The Labute approximate surface area is 148 Å². The zero-order chi connectivity index (χ0) is 18.4. The molecule has 0 atom stereocenters. The smallest absolute Gasteiger partial charge is 0.340 e. The number of carbonyl (C=O) groups excluding carboxylic acids is 3. The van der Waals surface area contributed by atoms with Crippen LogP contribution in [0.15, 0.2) is 24.3 Å². The van der Waals surface area contributed by atoms with Gasteiger partial charge in [0, 0.05) is 6.54 Å². The van der Waals surface area contributed by atoms with E-state index in [4.69, 9.17) is 4.74 Å². The van der Waals surface area contributed by atoms with Crippen molar-refractivity contribution in [3.8, 4) is 0 Å². The van der Waals surface area contributed by atoms with E-state index < -0.39 is 11.4 Å². The summed E-state index contributed by atoms with van der Waals surface area (Å²) in [6.45, 7) is 6.70. The molecule has 6 heteroatoms. The number of nitrogens with one attached hydrogen (secondary N) is 2. The van der Waals surface area contributed by atoms with Crippen LogP contribution in [-0.4, -0.2) is 30.9 Å². The number of carbonyl (C=O) groups is 3. The van der Waals surface area contributed by atoms with E-state index in [1.807, 2.05) is 0 Å². The Balaban J connectivity index is 2.04. The summed E-state index contributed by atoms with van der Waals surface area (Å²) in [7, 11) is 0. The zero-order valence-corrected chi connectivity index (χ0v) is 15.1. The number of para-hydroxylation sites is 1. The summed E-state index contributed by atoms with van der Waals surface area (Å²) in [5.74, 6) is -0.615. The molecule has 1 fully saturated rings. The molecule has 2 amide bonds. The minimum atomic E-state index is -1.02. The quantitative estimate of drug-likeness (QED) is 0.560. The van der Waals surface area contributed by atoms with Crippen molar-refractivity contribution in [3.05, 3.63) is 29.8 Å². The molecule has 2 N–H and O–H groups in total. The van der Waals surface area contributed by atoms with Gasteiger partial charge in [-0.05, 0) is 44.2 Å². The molecular formula is C19H26N2O4. The second-order valence-corrected chi connectivity index (χ2v) is 6.74. The van der Waals surface area contributed by atoms with Gasteiger partial charge in [-0.1, -0.05) is 26.0 Å². The second kappa shape index (κ2) is 8.14. The van der Waals surface area contributed by atoms with Gasteiger partial charge in [0.25, 0.3) is 0 Å². The molecule has 0 heterocycles. The van der Waals surface area contributed by atoms with E-state index in [1.165, 1.54) is 0 Å². The Morgan fingerprint density at radius 3 is 2.44 bits per heavy atom. The Morgan fingerprint density at radius 1 is 1.16 bits per heavy atom. The van der Waals surface area contributed by atoms with Gasteiger partial charge in [-0.15, -0.1) is 0 Å². The Bertz CT molecular complexity index is 651. The van der Waals surface area contributed by atoms with Gasteiger partial charge < -0.3 is 15.4 Å². The van der Waals surface area contributed by atoms with Crippen LogP contribution in [0.5, 0.6) is 0 Å². The van der Waals surface area contributed by atoms with Gasteiger partial charge in [-0.3, -0.25) is 9.59 Å². The molecule has 0 spiro atoms. The van der Waals surface area contributed by atoms with Gasteiger partial charge in [0.2, 0.25) is 11.8 Å². The maximum absolute atomic E-state index is 12.6. The van der Waals surface area contributed by atoms with E-state index in [0.717, 1.165) is 6.42 Å². The molecule has 25 heavy (non-hydrogen) atoms. The summed E-state index contributed by atoms with van der Waals surface area (Å²) < 4.78 is 5.00. The average Bonchev–Trinajstić information content (AvgIpc) is 3.37. The number of hydrogen-bond acceptors (Lipinski definition) is 4. The molecule has 1 aliphatic rings. The van der Waals surface area contributed by atoms with Crippen molar-refractivity contribution >= 4 is 23.5 Å². The summed E-state index contributed by atoms with van der Waals surface area (Å²) in [6, 6.07) is 6.65. The first-order valence-corrected chi connectivity index (χ1v) is 8.76. The van der Waals surface area contributed by atoms with E-state index in [1.54, 1.807) is 31.2 Å². The molecule has 1 saturated carbocycles. The monoisotopic (exact) mass is 346 g/mol. The normalized spacial score (nSPS) is 14.7. The molecule has 0 aromatic heterocycles. The number of benzene rings is 1. The van der Waals surface area contributed by atoms with Crippen molar-refractivity contribution in [2.45, 2.75) is 40.0 Å². The van der Waals surface area contributed by atoms with Gasteiger partial charge in [0.15, 0.2) is 0 Å². The standard InChI is InChI=1S/C19H26N2O4/c1-4-25-16(22)14-7-5-6-8-15(14)21-18(24)19(10-11-19)17(23)20-12-9-13(2)3/h5-8,13H,4,9-12H2,1-3H3,(H,20,23)(H,21,24). The molecule has 0 radical (unpaired) electrons. The van der Waals surface area contributed by atoms with Crippen molar-refractivity contribution in [1.29, 1.82) is 0 Å². The predicted molar refractivity (Wildman–Crippen MR) is 95.2 cm³/mol. The van der Waals surface area contributed by atoms with Crippen LogP contribution in [0.25, 0.3) is 0 Å². The Morgan fingerprint density at radius 2 is 1.84 bits per heavy atom. The van der Waals surface area contributed by atoms with Crippen LogP contribution in [-0.2, 0) is 14.3 Å². The fourth-order valence-electron chi connectivity index (χ4n) is 2.55. The fourth-order valence-corrected chi connectivity index (χ4v) is 2.55. The van der Waals surface area contributed by atoms with Crippen LogP contribution < -0.4 is 10.6 Å². The number of anilines is 1. The maximum atomic E-state index is 12.6. The van der Waals surface area contributed by atoms with E-state index in [2.05, 4.69) is 24.5 Å². The topological polar surface area (TPSA) is 84.5 Å². The maximum Gasteiger partial charge on any atom is 0.340 e. The number of ether oxygens (including phenoxy) is 1. The Hall–Kier alpha value is -2.37. The molecule has 1 aromatic rings. The molecule has 2 rings (SSSR count). The van der Waals surface area contributed by atoms with Crippen molar-refractivity contribution in [2.24, 2.45) is 11.3 Å². The third-order valence-electron chi connectivity index (χ3n) is 4.30. The van der Waals surface area contributed by atoms with Gasteiger partial charge in [0.05, 0.1) is 17.9 Å². The molecule has 1 aromatic carbocycles. The van der Waals surface area contributed by atoms with E-state index >= 15 is 0 Å². The number of rotatable bonds is 8. The molecule has 0 saturated heterocycles. The highest BCUT2D eigenvalue weighted by Crippen LogP contribution is 2.47. The molecule has 6 nitrogen and oxygen atoms in total. The van der Waals surface area contributed by atoms with Crippen molar-refractivity contribution in [1.82, 2.24) is 5.32 Å². The van der Waals surface area contributed by atoms with Crippen LogP contribution in [0.1, 0.15) is 50.4 Å². The van der Waals surface area contributed by atoms with Crippen LogP contribution in [0, 0.1) is 11.3 Å². The summed E-state index contributed by atoms with van der Waals surface area (Å²) in [6.07, 6.45) is 1.91. The van der Waals surface area contributed by atoms with Gasteiger partial charge in [-0.2, -0.15) is 0 Å². The summed E-state index contributed by atoms with van der Waals surface area (Å²) >= 11 is 0. The first-order chi connectivity index (χ1) is 11.9. The molecule has 0 aliphatic heterocycles. The van der Waals surface area contributed by atoms with E-state index in [9.17, 15) is 14.4 Å². The third-order valence-corrected chi connectivity index (χ3v) is 4.30. The van der Waals surface area contributed by atoms with Crippen LogP contribution in [0.3, 0.4) is 0 Å². The first-order valence-electron chi connectivity index (χ1n) is 8.76. The summed E-state index contributed by atoms with van der Waals surface area (Å²) in [5, 5.41) is 5.58. The lowest BCUT2D eigenvalue weighted by Crippen LogP contribution is -2.40. The SMILES string of the molecule is CCOC(=O)c1ccccc1NC(=O)C1(C(=O)NCCC(C)C)CC1. The minimum absolute atomic E-state index is 0.237. The van der Waals surface area contributed by atoms with Crippen LogP contribution >= 0.6 is 0 Å². The highest BCUT2D eigenvalue weighted by molar-refractivity contribution is 6.14. The predicted octanol–water partition coefficient (Wildman–Crippen LogP) is 2.74. The first kappa shape index (κ1) is 19.0. The number of hydrogen-bond donors (Lipinski definition) is 2. The summed E-state index contributed by atoms with van der Waals surface area (Å²) in [5.41, 5.74) is -0.361. The Kier molecular flexibility index (Phi) is 6.17. The highest BCUT2D eigenvalue weighted by Gasteiger charge is 2.56. The van der Waals surface area contributed by atoms with Crippen molar-refractivity contribution in [2.75, 3.05) is 18.5 Å². The molecule has 0 bridgehead atoms. The van der Waals surface area contributed by atoms with E-state index in [-0.39, 0.29) is 24.0 Å². The van der Waals surface area contributed by atoms with Gasteiger partial charge in [0.1, 0.15) is 5.41 Å². The number of amides is 2.